The van der Waals surface area contributed by atoms with Crippen LogP contribution in [-0.2, 0) is 13.6 Å². The predicted molar refractivity (Wildman–Crippen MR) is 122 cm³/mol. The Kier molecular flexibility index (Phi) is 6.08. The number of aliphatic hydroxyl groups excluding tert-OH is 1. The maximum absolute atomic E-state index is 13.3. The third-order valence-corrected chi connectivity index (χ3v) is 5.62. The van der Waals surface area contributed by atoms with E-state index in [-0.39, 0.29) is 11.4 Å². The van der Waals surface area contributed by atoms with Crippen LogP contribution in [0.2, 0.25) is 0 Å². The van der Waals surface area contributed by atoms with Crippen molar-refractivity contribution in [2.24, 2.45) is 13.0 Å². The van der Waals surface area contributed by atoms with Crippen molar-refractivity contribution in [1.29, 1.82) is 0 Å². The number of aliphatic hydroxyl groups is 1. The van der Waals surface area contributed by atoms with E-state index >= 15 is 0 Å². The van der Waals surface area contributed by atoms with E-state index in [1.165, 1.54) is 16.7 Å². The van der Waals surface area contributed by atoms with Crippen LogP contribution in [0.5, 0.6) is 0 Å². The number of hydrogen-bond donors (Lipinski definition) is 1. The zero-order valence-corrected chi connectivity index (χ0v) is 18.8. The van der Waals surface area contributed by atoms with Gasteiger partial charge in [0.25, 0.3) is 5.56 Å². The van der Waals surface area contributed by atoms with Crippen LogP contribution in [-0.4, -0.2) is 42.3 Å². The summed E-state index contributed by atoms with van der Waals surface area (Å²) in [5.41, 5.74) is 2.32. The van der Waals surface area contributed by atoms with Gasteiger partial charge in [0.2, 0.25) is 5.78 Å². The molecular formula is C24H28FN5O2. The Labute approximate surface area is 185 Å². The molecule has 0 amide bonds. The fourth-order valence-corrected chi connectivity index (χ4v) is 4.12. The molecule has 32 heavy (non-hydrogen) atoms. The highest BCUT2D eigenvalue weighted by Crippen LogP contribution is 2.20. The standard InChI is InChI=1S/C24H28FN5O2/c1-15(2)12-29(13-21(31)17-6-8-18(25)9-7-17)14-22-26-27-24-28(4)23(32)19-11-16(3)5-10-20(19)30(22)24/h5-11,15,21,31H,12-14H2,1-4H3. The maximum Gasteiger partial charge on any atom is 0.262 e. The Morgan fingerprint density at radius 2 is 1.81 bits per heavy atom. The number of benzene rings is 2. The molecule has 8 heteroatoms. The molecule has 2 aromatic heterocycles. The quantitative estimate of drug-likeness (QED) is 0.481. The monoisotopic (exact) mass is 437 g/mol. The van der Waals surface area contributed by atoms with Gasteiger partial charge in [-0.15, -0.1) is 10.2 Å². The first-order chi connectivity index (χ1) is 15.2. The minimum Gasteiger partial charge on any atom is -0.387 e. The van der Waals surface area contributed by atoms with Gasteiger partial charge in [0.05, 0.1) is 23.6 Å². The van der Waals surface area contributed by atoms with E-state index in [0.29, 0.717) is 41.6 Å². The average molecular weight is 438 g/mol. The summed E-state index contributed by atoms with van der Waals surface area (Å²) in [6.45, 7) is 7.72. The normalized spacial score (nSPS) is 13.0. The van der Waals surface area contributed by atoms with Crippen LogP contribution >= 0.6 is 0 Å². The van der Waals surface area contributed by atoms with Gasteiger partial charge >= 0.3 is 0 Å². The smallest absolute Gasteiger partial charge is 0.262 e. The molecule has 4 aromatic rings. The van der Waals surface area contributed by atoms with Crippen molar-refractivity contribution < 1.29 is 9.50 Å². The first-order valence-electron chi connectivity index (χ1n) is 10.7. The van der Waals surface area contributed by atoms with Gasteiger partial charge in [-0.05, 0) is 42.7 Å². The van der Waals surface area contributed by atoms with Gasteiger partial charge in [0, 0.05) is 20.1 Å². The van der Waals surface area contributed by atoms with Crippen molar-refractivity contribution in [3.63, 3.8) is 0 Å². The van der Waals surface area contributed by atoms with Gasteiger partial charge in [-0.1, -0.05) is 37.6 Å². The zero-order chi connectivity index (χ0) is 23.0. The number of hydrogen-bond acceptors (Lipinski definition) is 5. The second-order valence-electron chi connectivity index (χ2n) is 8.79. The molecule has 0 saturated heterocycles. The van der Waals surface area contributed by atoms with Gasteiger partial charge in [-0.25, -0.2) is 4.39 Å². The van der Waals surface area contributed by atoms with Crippen LogP contribution in [0.4, 0.5) is 4.39 Å². The third-order valence-electron chi connectivity index (χ3n) is 5.62. The average Bonchev–Trinajstić information content (AvgIpc) is 3.15. The molecule has 1 atom stereocenters. The predicted octanol–water partition coefficient (Wildman–Crippen LogP) is 3.22. The molecule has 0 saturated carbocycles. The second kappa shape index (κ2) is 8.80. The summed E-state index contributed by atoms with van der Waals surface area (Å²) >= 11 is 0. The maximum atomic E-state index is 13.3. The van der Waals surface area contributed by atoms with Crippen molar-refractivity contribution in [3.05, 3.63) is 75.6 Å². The van der Waals surface area contributed by atoms with E-state index in [1.54, 1.807) is 19.2 Å². The van der Waals surface area contributed by atoms with Gasteiger partial charge in [0.15, 0.2) is 5.82 Å². The van der Waals surface area contributed by atoms with E-state index < -0.39 is 6.10 Å². The van der Waals surface area contributed by atoms with Crippen molar-refractivity contribution in [1.82, 2.24) is 24.1 Å². The summed E-state index contributed by atoms with van der Waals surface area (Å²) in [6, 6.07) is 11.7. The summed E-state index contributed by atoms with van der Waals surface area (Å²) in [7, 11) is 1.70. The van der Waals surface area contributed by atoms with Crippen LogP contribution < -0.4 is 5.56 Å². The van der Waals surface area contributed by atoms with Gasteiger partial charge < -0.3 is 5.11 Å². The highest BCUT2D eigenvalue weighted by Gasteiger charge is 2.20. The molecule has 0 spiro atoms. The molecule has 2 aromatic carbocycles. The van der Waals surface area contributed by atoms with Gasteiger partial charge in [-0.2, -0.15) is 0 Å². The number of fused-ring (bicyclic) bond motifs is 3. The summed E-state index contributed by atoms with van der Waals surface area (Å²) in [5.74, 6) is 1.20. The summed E-state index contributed by atoms with van der Waals surface area (Å²) in [5, 5.41) is 20.0. The zero-order valence-electron chi connectivity index (χ0n) is 18.8. The summed E-state index contributed by atoms with van der Waals surface area (Å²) in [6.07, 6.45) is -0.766. The van der Waals surface area contributed by atoms with Crippen molar-refractivity contribution >= 4 is 16.7 Å². The van der Waals surface area contributed by atoms with E-state index in [9.17, 15) is 14.3 Å². The highest BCUT2D eigenvalue weighted by molar-refractivity contribution is 5.81. The second-order valence-corrected chi connectivity index (χ2v) is 8.79. The van der Waals surface area contributed by atoms with Gasteiger partial charge in [0.1, 0.15) is 5.82 Å². The molecule has 168 valence electrons. The molecule has 0 aliphatic heterocycles. The van der Waals surface area contributed by atoms with Crippen molar-refractivity contribution in [2.45, 2.75) is 33.4 Å². The van der Waals surface area contributed by atoms with Gasteiger partial charge in [-0.3, -0.25) is 18.7 Å². The topological polar surface area (TPSA) is 75.7 Å². The number of halogens is 1. The summed E-state index contributed by atoms with van der Waals surface area (Å²) in [4.78, 5) is 14.9. The molecule has 0 fully saturated rings. The number of aryl methyl sites for hydroxylation is 2. The SMILES string of the molecule is Cc1ccc2c(c1)c(=O)n(C)c1nnc(CN(CC(C)C)CC(O)c3ccc(F)cc3)n21. The lowest BCUT2D eigenvalue weighted by Crippen LogP contribution is -2.32. The molecule has 4 rings (SSSR count). The molecule has 0 aliphatic carbocycles. The van der Waals surface area contributed by atoms with E-state index in [1.807, 2.05) is 29.5 Å². The first-order valence-corrected chi connectivity index (χ1v) is 10.7. The Morgan fingerprint density at radius 3 is 2.50 bits per heavy atom. The largest absolute Gasteiger partial charge is 0.387 e. The first kappa shape index (κ1) is 22.1. The minimum absolute atomic E-state index is 0.110. The van der Waals surface area contributed by atoms with Crippen LogP contribution in [0.15, 0.2) is 47.3 Å². The highest BCUT2D eigenvalue weighted by atomic mass is 19.1. The fourth-order valence-electron chi connectivity index (χ4n) is 4.12. The van der Waals surface area contributed by atoms with Crippen LogP contribution in [0.3, 0.4) is 0 Å². The Bertz CT molecular complexity index is 1310. The van der Waals surface area contributed by atoms with Crippen LogP contribution in [0, 0.1) is 18.7 Å². The number of rotatable bonds is 7. The third kappa shape index (κ3) is 4.28. The van der Waals surface area contributed by atoms with E-state index in [0.717, 1.165) is 17.6 Å². The lowest BCUT2D eigenvalue weighted by molar-refractivity contribution is 0.0999. The van der Waals surface area contributed by atoms with Crippen LogP contribution in [0.1, 0.15) is 36.9 Å². The Balaban J connectivity index is 1.72. The molecular weight excluding hydrogens is 409 g/mol. The summed E-state index contributed by atoms with van der Waals surface area (Å²) < 4.78 is 16.7. The molecule has 1 N–H and O–H groups in total. The minimum atomic E-state index is -0.766. The molecule has 7 nitrogen and oxygen atoms in total. The molecule has 0 radical (unpaired) electrons. The lowest BCUT2D eigenvalue weighted by Gasteiger charge is -2.26. The Morgan fingerprint density at radius 1 is 1.09 bits per heavy atom. The van der Waals surface area contributed by atoms with Crippen molar-refractivity contribution in [3.8, 4) is 0 Å². The Hall–Kier alpha value is -3.10. The van der Waals surface area contributed by atoms with Crippen molar-refractivity contribution in [2.75, 3.05) is 13.1 Å². The van der Waals surface area contributed by atoms with Crippen LogP contribution in [0.25, 0.3) is 16.7 Å². The fraction of sp³-hybridized carbons (Fsp3) is 0.375. The lowest BCUT2D eigenvalue weighted by atomic mass is 10.1. The molecule has 0 bridgehead atoms. The molecule has 0 aliphatic rings. The van der Waals surface area contributed by atoms with E-state index in [4.69, 9.17) is 0 Å². The van der Waals surface area contributed by atoms with E-state index in [2.05, 4.69) is 28.9 Å². The number of nitrogens with zero attached hydrogens (tertiary/aromatic N) is 5. The number of aromatic nitrogens is 4. The molecule has 1 unspecified atom stereocenters. The molecule has 2 heterocycles.